The number of fused-ring (bicyclic) bond motifs is 1. The minimum atomic E-state index is -0.0898. The second kappa shape index (κ2) is 4.55. The molecule has 5 nitrogen and oxygen atoms in total. The summed E-state index contributed by atoms with van der Waals surface area (Å²) in [6.45, 7) is 6.54. The number of aryl methyl sites for hydroxylation is 1. The topological polar surface area (TPSA) is 50.5 Å². The Morgan fingerprint density at radius 2 is 2.25 bits per heavy atom. The average Bonchev–Trinajstić information content (AvgIpc) is 3.03. The van der Waals surface area contributed by atoms with Gasteiger partial charge in [-0.25, -0.2) is 4.98 Å². The van der Waals surface area contributed by atoms with Crippen LogP contribution in [-0.4, -0.2) is 27.7 Å². The maximum absolute atomic E-state index is 12.0. The molecule has 2 heterocycles. The molecule has 1 aliphatic carbocycles. The molecule has 0 saturated heterocycles. The largest absolute Gasteiger partial charge is 0.346 e. The third-order valence-electron chi connectivity index (χ3n) is 4.58. The van der Waals surface area contributed by atoms with E-state index in [1.807, 2.05) is 6.92 Å². The smallest absolute Gasteiger partial charge is 0.275 e. The minimum absolute atomic E-state index is 0.0898. The third-order valence-corrected chi connectivity index (χ3v) is 5.58. The van der Waals surface area contributed by atoms with Crippen LogP contribution in [0.1, 0.15) is 39.3 Å². The highest BCUT2D eigenvalue weighted by Crippen LogP contribution is 2.50. The summed E-state index contributed by atoms with van der Waals surface area (Å²) in [6.07, 6.45) is 3.30. The number of nitrogens with zero attached hydrogens (tertiary/aromatic N) is 4. The quantitative estimate of drug-likeness (QED) is 0.868. The summed E-state index contributed by atoms with van der Waals surface area (Å²) < 4.78 is 1.41. The zero-order valence-corrected chi connectivity index (χ0v) is 13.2. The van der Waals surface area contributed by atoms with Crippen molar-refractivity contribution >= 4 is 21.4 Å². The molecule has 0 bridgehead atoms. The molecule has 0 spiro atoms. The van der Waals surface area contributed by atoms with Gasteiger partial charge in [-0.15, -0.1) is 5.10 Å². The molecule has 0 aromatic carbocycles. The van der Waals surface area contributed by atoms with Crippen LogP contribution < -0.4 is 10.5 Å². The molecule has 1 saturated carbocycles. The molecular formula is C14H20N4OS. The van der Waals surface area contributed by atoms with Gasteiger partial charge in [-0.3, -0.25) is 4.79 Å². The van der Waals surface area contributed by atoms with Crippen LogP contribution in [0.25, 0.3) is 4.96 Å². The summed E-state index contributed by atoms with van der Waals surface area (Å²) >= 11 is 1.49. The lowest BCUT2D eigenvalue weighted by atomic mass is 10.0. The van der Waals surface area contributed by atoms with E-state index >= 15 is 0 Å². The van der Waals surface area contributed by atoms with Crippen LogP contribution in [0.15, 0.2) is 10.9 Å². The lowest BCUT2D eigenvalue weighted by molar-refractivity contribution is 0.446. The van der Waals surface area contributed by atoms with Gasteiger partial charge in [-0.05, 0) is 31.6 Å². The molecule has 2 aromatic heterocycles. The number of aromatic nitrogens is 3. The second-order valence-corrected chi connectivity index (χ2v) is 6.89. The molecule has 0 N–H and O–H groups in total. The van der Waals surface area contributed by atoms with Gasteiger partial charge in [0, 0.05) is 24.8 Å². The fourth-order valence-electron chi connectivity index (χ4n) is 2.42. The first kappa shape index (κ1) is 13.5. The fourth-order valence-corrected chi connectivity index (χ4v) is 3.39. The highest BCUT2D eigenvalue weighted by Gasteiger charge is 2.44. The summed E-state index contributed by atoms with van der Waals surface area (Å²) in [5.74, 6) is 0. The molecule has 108 valence electrons. The van der Waals surface area contributed by atoms with Crippen molar-refractivity contribution in [3.8, 4) is 0 Å². The molecule has 20 heavy (non-hydrogen) atoms. The van der Waals surface area contributed by atoms with Crippen LogP contribution in [-0.2, 0) is 6.42 Å². The third kappa shape index (κ3) is 2.12. The zero-order chi connectivity index (χ0) is 14.5. The van der Waals surface area contributed by atoms with Crippen molar-refractivity contribution in [1.82, 2.24) is 14.6 Å². The van der Waals surface area contributed by atoms with Gasteiger partial charge in [0.1, 0.15) is 0 Å². The molecule has 1 unspecified atom stereocenters. The normalized spacial score (nSPS) is 18.2. The van der Waals surface area contributed by atoms with Gasteiger partial charge in [0.25, 0.3) is 5.56 Å². The van der Waals surface area contributed by atoms with Gasteiger partial charge in [-0.2, -0.15) is 4.52 Å². The molecule has 0 amide bonds. The van der Waals surface area contributed by atoms with Crippen LogP contribution in [0.2, 0.25) is 0 Å². The lowest BCUT2D eigenvalue weighted by Gasteiger charge is -2.29. The van der Waals surface area contributed by atoms with E-state index in [1.54, 1.807) is 6.07 Å². The number of anilines is 1. The molecule has 3 rings (SSSR count). The van der Waals surface area contributed by atoms with E-state index in [-0.39, 0.29) is 5.56 Å². The van der Waals surface area contributed by atoms with Crippen molar-refractivity contribution in [1.29, 1.82) is 0 Å². The van der Waals surface area contributed by atoms with Gasteiger partial charge in [0.2, 0.25) is 10.1 Å². The molecule has 1 fully saturated rings. The number of hydrogen-bond donors (Lipinski definition) is 0. The molecule has 0 radical (unpaired) electrons. The summed E-state index contributed by atoms with van der Waals surface area (Å²) in [5.41, 5.74) is 1.13. The van der Waals surface area contributed by atoms with Crippen LogP contribution in [0.5, 0.6) is 0 Å². The van der Waals surface area contributed by atoms with Crippen molar-refractivity contribution in [2.24, 2.45) is 5.41 Å². The lowest BCUT2D eigenvalue weighted by Crippen LogP contribution is -2.35. The Morgan fingerprint density at radius 3 is 2.85 bits per heavy atom. The van der Waals surface area contributed by atoms with E-state index in [1.165, 1.54) is 28.7 Å². The van der Waals surface area contributed by atoms with Gasteiger partial charge >= 0.3 is 0 Å². The molecule has 0 aliphatic heterocycles. The SMILES string of the molecule is CCc1cc(=O)n2nc(N(C)C(C)C3(C)CC3)sc2n1. The van der Waals surface area contributed by atoms with Crippen LogP contribution in [0.4, 0.5) is 5.13 Å². The summed E-state index contributed by atoms with van der Waals surface area (Å²) in [5, 5.41) is 5.30. The highest BCUT2D eigenvalue weighted by atomic mass is 32.1. The Kier molecular flexibility index (Phi) is 3.08. The Bertz CT molecular complexity index is 701. The van der Waals surface area contributed by atoms with Crippen LogP contribution >= 0.6 is 11.3 Å². The van der Waals surface area contributed by atoms with Crippen LogP contribution in [0, 0.1) is 5.41 Å². The van der Waals surface area contributed by atoms with Gasteiger partial charge in [0.15, 0.2) is 0 Å². The molecular weight excluding hydrogens is 272 g/mol. The van der Waals surface area contributed by atoms with E-state index < -0.39 is 0 Å². The zero-order valence-electron chi connectivity index (χ0n) is 12.4. The van der Waals surface area contributed by atoms with Crippen molar-refractivity contribution < 1.29 is 0 Å². The van der Waals surface area contributed by atoms with E-state index in [0.717, 1.165) is 17.2 Å². The van der Waals surface area contributed by atoms with E-state index in [4.69, 9.17) is 0 Å². The Labute approximate surface area is 122 Å². The molecule has 2 aromatic rings. The summed E-state index contributed by atoms with van der Waals surface area (Å²) in [4.78, 5) is 19.4. The summed E-state index contributed by atoms with van der Waals surface area (Å²) in [6, 6.07) is 1.99. The predicted octanol–water partition coefficient (Wildman–Crippen LogP) is 2.34. The molecule has 1 atom stereocenters. The summed E-state index contributed by atoms with van der Waals surface area (Å²) in [7, 11) is 2.05. The van der Waals surface area contributed by atoms with Crippen molar-refractivity contribution in [2.45, 2.75) is 46.1 Å². The fraction of sp³-hybridized carbons (Fsp3) is 0.643. The Morgan fingerprint density at radius 1 is 1.55 bits per heavy atom. The predicted molar refractivity (Wildman–Crippen MR) is 81.7 cm³/mol. The van der Waals surface area contributed by atoms with Crippen molar-refractivity contribution in [3.05, 3.63) is 22.1 Å². The average molecular weight is 292 g/mol. The number of hydrogen-bond acceptors (Lipinski definition) is 5. The highest BCUT2D eigenvalue weighted by molar-refractivity contribution is 7.20. The first-order valence-electron chi connectivity index (χ1n) is 7.07. The van der Waals surface area contributed by atoms with Gasteiger partial charge in [0.05, 0.1) is 0 Å². The van der Waals surface area contributed by atoms with Gasteiger partial charge in [-0.1, -0.05) is 25.2 Å². The second-order valence-electron chi connectivity index (χ2n) is 5.96. The first-order chi connectivity index (χ1) is 9.44. The maximum Gasteiger partial charge on any atom is 0.275 e. The van der Waals surface area contributed by atoms with Gasteiger partial charge < -0.3 is 4.90 Å². The van der Waals surface area contributed by atoms with Crippen molar-refractivity contribution in [3.63, 3.8) is 0 Å². The van der Waals surface area contributed by atoms with Crippen LogP contribution in [0.3, 0.4) is 0 Å². The standard InChI is InChI=1S/C14H20N4OS/c1-5-10-8-11(19)18-12(15-10)20-13(16-18)17(4)9(2)14(3)6-7-14/h8-9H,5-7H2,1-4H3. The monoisotopic (exact) mass is 292 g/mol. The minimum Gasteiger partial charge on any atom is -0.346 e. The first-order valence-corrected chi connectivity index (χ1v) is 7.89. The number of rotatable bonds is 4. The Hall–Kier alpha value is -1.43. The molecule has 6 heteroatoms. The van der Waals surface area contributed by atoms with E-state index in [9.17, 15) is 4.79 Å². The Balaban J connectivity index is 2.00. The maximum atomic E-state index is 12.0. The van der Waals surface area contributed by atoms with Crippen molar-refractivity contribution in [2.75, 3.05) is 11.9 Å². The molecule has 1 aliphatic rings. The van der Waals surface area contributed by atoms with E-state index in [2.05, 4.69) is 35.9 Å². The van der Waals surface area contributed by atoms with E-state index in [0.29, 0.717) is 16.4 Å².